The van der Waals surface area contributed by atoms with Gasteiger partial charge in [-0.3, -0.25) is 10.1 Å². The van der Waals surface area contributed by atoms with E-state index in [1.54, 1.807) is 12.3 Å². The van der Waals surface area contributed by atoms with Gasteiger partial charge in [0.15, 0.2) is 0 Å². The molecule has 1 unspecified atom stereocenters. The number of hydrogen-bond donors (Lipinski definition) is 1. The summed E-state index contributed by atoms with van der Waals surface area (Å²) < 4.78 is 0. The molecule has 1 N–H and O–H groups in total. The first-order chi connectivity index (χ1) is 11.7. The first kappa shape index (κ1) is 15.6. The largest absolute Gasteiger partial charge is 0.371 e. The van der Waals surface area contributed by atoms with Crippen molar-refractivity contribution >= 4 is 22.7 Å². The van der Waals surface area contributed by atoms with E-state index in [0.717, 1.165) is 10.6 Å². The molecule has 3 rings (SSSR count). The third-order valence-electron chi connectivity index (χ3n) is 3.47. The topological polar surface area (TPSA) is 91.8 Å². The number of rotatable bonds is 5. The number of nitriles is 1. The molecule has 0 saturated heterocycles. The molecule has 1 heterocycles. The number of nitrogens with one attached hydrogen (secondary N) is 1. The quantitative estimate of drug-likeness (QED) is 0.559. The van der Waals surface area contributed by atoms with Gasteiger partial charge in [0.25, 0.3) is 5.69 Å². The molecule has 0 amide bonds. The average molecular weight is 336 g/mol. The molecule has 3 aromatic rings. The van der Waals surface area contributed by atoms with Crippen LogP contribution in [0.2, 0.25) is 0 Å². The number of anilines is 1. The Morgan fingerprint density at radius 1 is 1.25 bits per heavy atom. The molecule has 24 heavy (non-hydrogen) atoms. The number of hydrogen-bond acceptors (Lipinski definition) is 6. The van der Waals surface area contributed by atoms with Gasteiger partial charge in [0, 0.05) is 23.7 Å². The van der Waals surface area contributed by atoms with E-state index in [9.17, 15) is 15.4 Å². The highest BCUT2D eigenvalue weighted by molar-refractivity contribution is 7.09. The predicted octanol–water partition coefficient (Wildman–Crippen LogP) is 4.12. The van der Waals surface area contributed by atoms with Crippen LogP contribution >= 0.6 is 11.3 Å². The SMILES string of the molecule is N#Cc1cc([N+](=O)[O-])ccc1NC(c1ccccc1)c1nccs1. The maximum atomic E-state index is 10.9. The molecule has 0 saturated carbocycles. The second kappa shape index (κ2) is 6.89. The summed E-state index contributed by atoms with van der Waals surface area (Å²) in [6.07, 6.45) is 1.72. The summed E-state index contributed by atoms with van der Waals surface area (Å²) in [5, 5.41) is 26.2. The molecule has 0 aliphatic rings. The van der Waals surface area contributed by atoms with Crippen LogP contribution in [0, 0.1) is 21.4 Å². The minimum Gasteiger partial charge on any atom is -0.371 e. The molecule has 118 valence electrons. The lowest BCUT2D eigenvalue weighted by Gasteiger charge is -2.19. The van der Waals surface area contributed by atoms with E-state index in [1.165, 1.54) is 23.5 Å². The Labute approximate surface area is 142 Å². The number of benzene rings is 2. The van der Waals surface area contributed by atoms with Crippen molar-refractivity contribution in [2.75, 3.05) is 5.32 Å². The number of non-ortho nitro benzene ring substituents is 1. The third-order valence-corrected chi connectivity index (χ3v) is 4.31. The fourth-order valence-corrected chi connectivity index (χ4v) is 3.04. The zero-order chi connectivity index (χ0) is 16.9. The van der Waals surface area contributed by atoms with Gasteiger partial charge in [0.1, 0.15) is 17.1 Å². The minimum absolute atomic E-state index is 0.109. The van der Waals surface area contributed by atoms with Crippen molar-refractivity contribution < 1.29 is 4.92 Å². The minimum atomic E-state index is -0.514. The normalized spacial score (nSPS) is 11.5. The highest BCUT2D eigenvalue weighted by Crippen LogP contribution is 2.30. The Kier molecular flexibility index (Phi) is 4.50. The van der Waals surface area contributed by atoms with Crippen molar-refractivity contribution in [2.45, 2.75) is 6.04 Å². The van der Waals surface area contributed by atoms with E-state index in [-0.39, 0.29) is 17.3 Å². The maximum Gasteiger partial charge on any atom is 0.270 e. The molecule has 1 aromatic heterocycles. The van der Waals surface area contributed by atoms with Crippen molar-refractivity contribution in [2.24, 2.45) is 0 Å². The molecule has 7 heteroatoms. The monoisotopic (exact) mass is 336 g/mol. The van der Waals surface area contributed by atoms with E-state index in [2.05, 4.69) is 10.3 Å². The number of aromatic nitrogens is 1. The number of nitrogens with zero attached hydrogens (tertiary/aromatic N) is 3. The zero-order valence-electron chi connectivity index (χ0n) is 12.4. The summed E-state index contributed by atoms with van der Waals surface area (Å²) in [5.41, 5.74) is 1.64. The summed E-state index contributed by atoms with van der Waals surface area (Å²) in [5.74, 6) is 0. The van der Waals surface area contributed by atoms with E-state index in [1.807, 2.05) is 41.8 Å². The number of nitro benzene ring substituents is 1. The first-order valence-electron chi connectivity index (χ1n) is 7.08. The van der Waals surface area contributed by atoms with Crippen molar-refractivity contribution in [1.82, 2.24) is 4.98 Å². The molecule has 0 aliphatic heterocycles. The van der Waals surface area contributed by atoms with Gasteiger partial charge in [-0.1, -0.05) is 30.3 Å². The molecule has 6 nitrogen and oxygen atoms in total. The smallest absolute Gasteiger partial charge is 0.270 e. The van der Waals surface area contributed by atoms with Gasteiger partial charge < -0.3 is 5.32 Å². The molecule has 0 aliphatic carbocycles. The first-order valence-corrected chi connectivity index (χ1v) is 7.96. The molecule has 1 atom stereocenters. The third kappa shape index (κ3) is 3.24. The van der Waals surface area contributed by atoms with Crippen LogP contribution in [0.25, 0.3) is 0 Å². The summed E-state index contributed by atoms with van der Waals surface area (Å²) in [6.45, 7) is 0. The lowest BCUT2D eigenvalue weighted by Crippen LogP contribution is -2.13. The predicted molar refractivity (Wildman–Crippen MR) is 91.8 cm³/mol. The van der Waals surface area contributed by atoms with Gasteiger partial charge in [0.05, 0.1) is 16.2 Å². The van der Waals surface area contributed by atoms with Gasteiger partial charge >= 0.3 is 0 Å². The van der Waals surface area contributed by atoms with E-state index in [0.29, 0.717) is 5.69 Å². The Balaban J connectivity index is 2.00. The van der Waals surface area contributed by atoms with Crippen molar-refractivity contribution in [3.05, 3.63) is 86.4 Å². The van der Waals surface area contributed by atoms with Crippen LogP contribution in [-0.2, 0) is 0 Å². The molecule has 0 radical (unpaired) electrons. The fourth-order valence-electron chi connectivity index (χ4n) is 2.33. The van der Waals surface area contributed by atoms with Crippen LogP contribution < -0.4 is 5.32 Å². The van der Waals surface area contributed by atoms with Gasteiger partial charge in [-0.15, -0.1) is 11.3 Å². The van der Waals surface area contributed by atoms with Gasteiger partial charge in [-0.25, -0.2) is 4.98 Å². The lowest BCUT2D eigenvalue weighted by atomic mass is 10.1. The van der Waals surface area contributed by atoms with Crippen LogP contribution in [0.3, 0.4) is 0 Å². The summed E-state index contributed by atoms with van der Waals surface area (Å²) in [4.78, 5) is 14.7. The number of thiazole rings is 1. The van der Waals surface area contributed by atoms with Crippen LogP contribution in [0.15, 0.2) is 60.1 Å². The van der Waals surface area contributed by atoms with Crippen LogP contribution in [0.4, 0.5) is 11.4 Å². The molecule has 0 fully saturated rings. The maximum absolute atomic E-state index is 10.9. The second-order valence-corrected chi connectivity index (χ2v) is 5.88. The summed E-state index contributed by atoms with van der Waals surface area (Å²) in [6, 6.07) is 15.7. The Bertz CT molecular complexity index is 889. The average Bonchev–Trinajstić information content (AvgIpc) is 3.14. The van der Waals surface area contributed by atoms with E-state index >= 15 is 0 Å². The van der Waals surface area contributed by atoms with E-state index < -0.39 is 4.92 Å². The van der Waals surface area contributed by atoms with Crippen molar-refractivity contribution in [3.8, 4) is 6.07 Å². The molecule has 0 bridgehead atoms. The Morgan fingerprint density at radius 3 is 2.67 bits per heavy atom. The molecular formula is C17H12N4O2S. The highest BCUT2D eigenvalue weighted by Gasteiger charge is 2.19. The summed E-state index contributed by atoms with van der Waals surface area (Å²) in [7, 11) is 0. The van der Waals surface area contributed by atoms with Gasteiger partial charge in [0.2, 0.25) is 0 Å². The van der Waals surface area contributed by atoms with Crippen molar-refractivity contribution in [3.63, 3.8) is 0 Å². The Hall–Kier alpha value is -3.24. The van der Waals surface area contributed by atoms with E-state index in [4.69, 9.17) is 0 Å². The Morgan fingerprint density at radius 2 is 2.04 bits per heavy atom. The second-order valence-electron chi connectivity index (χ2n) is 4.96. The van der Waals surface area contributed by atoms with Crippen LogP contribution in [0.1, 0.15) is 22.2 Å². The number of nitro groups is 1. The van der Waals surface area contributed by atoms with Gasteiger partial charge in [-0.05, 0) is 11.6 Å². The van der Waals surface area contributed by atoms with Gasteiger partial charge in [-0.2, -0.15) is 5.26 Å². The zero-order valence-corrected chi connectivity index (χ0v) is 13.2. The summed E-state index contributed by atoms with van der Waals surface area (Å²) >= 11 is 1.50. The standard InChI is InChI=1S/C17H12N4O2S/c18-11-13-10-14(21(22)23)6-7-15(13)20-16(17-19-8-9-24-17)12-4-2-1-3-5-12/h1-10,16,20H. The van der Waals surface area contributed by atoms with Crippen LogP contribution in [-0.4, -0.2) is 9.91 Å². The highest BCUT2D eigenvalue weighted by atomic mass is 32.1. The van der Waals surface area contributed by atoms with Crippen LogP contribution in [0.5, 0.6) is 0 Å². The molecular weight excluding hydrogens is 324 g/mol. The fraction of sp³-hybridized carbons (Fsp3) is 0.0588. The molecule has 0 spiro atoms. The molecule has 2 aromatic carbocycles. The van der Waals surface area contributed by atoms with Crippen molar-refractivity contribution in [1.29, 1.82) is 5.26 Å². The lowest BCUT2D eigenvalue weighted by molar-refractivity contribution is -0.384.